The van der Waals surface area contributed by atoms with Crippen molar-refractivity contribution in [2.24, 2.45) is 4.99 Å². The van der Waals surface area contributed by atoms with Crippen LogP contribution in [-0.2, 0) is 11.3 Å². The third kappa shape index (κ3) is 2.86. The van der Waals surface area contributed by atoms with E-state index < -0.39 is 5.91 Å². The van der Waals surface area contributed by atoms with E-state index in [-0.39, 0.29) is 5.69 Å². The fourth-order valence-corrected chi connectivity index (χ4v) is 3.17. The van der Waals surface area contributed by atoms with Gasteiger partial charge in [0.25, 0.3) is 0 Å². The maximum Gasteiger partial charge on any atom is 0.301 e. The first-order valence-electron chi connectivity index (χ1n) is 6.78. The van der Waals surface area contributed by atoms with Gasteiger partial charge in [0, 0.05) is 19.7 Å². The number of nitrogens with zero attached hydrogens (tertiary/aromatic N) is 3. The number of hydrogen-bond acceptors (Lipinski definition) is 5. The molecule has 3 rings (SSSR count). The Morgan fingerprint density at radius 2 is 2.27 bits per heavy atom. The van der Waals surface area contributed by atoms with Gasteiger partial charge in [0.15, 0.2) is 10.5 Å². The number of thiazole rings is 1. The predicted octanol–water partition coefficient (Wildman–Crippen LogP) is 2.39. The van der Waals surface area contributed by atoms with E-state index in [0.29, 0.717) is 23.7 Å². The summed E-state index contributed by atoms with van der Waals surface area (Å²) >= 11 is 1.47. The lowest BCUT2D eigenvalue weighted by molar-refractivity contribution is 0.0988. The van der Waals surface area contributed by atoms with E-state index in [1.807, 2.05) is 28.8 Å². The highest BCUT2D eigenvalue weighted by atomic mass is 32.1. The highest BCUT2D eigenvalue weighted by Crippen LogP contribution is 2.16. The number of rotatable bonds is 4. The Balaban J connectivity index is 2.08. The average molecular weight is 317 g/mol. The van der Waals surface area contributed by atoms with Crippen LogP contribution in [0.2, 0.25) is 0 Å². The summed E-state index contributed by atoms with van der Waals surface area (Å²) in [6, 6.07) is 9.52. The third-order valence-electron chi connectivity index (χ3n) is 3.15. The zero-order valence-corrected chi connectivity index (χ0v) is 13.1. The Labute approximate surface area is 130 Å². The van der Waals surface area contributed by atoms with Gasteiger partial charge in [-0.1, -0.05) is 28.6 Å². The molecule has 3 aromatic rings. The van der Waals surface area contributed by atoms with E-state index >= 15 is 0 Å². The van der Waals surface area contributed by atoms with Crippen molar-refractivity contribution < 1.29 is 14.1 Å². The molecule has 0 unspecified atom stereocenters. The van der Waals surface area contributed by atoms with Gasteiger partial charge in [-0.05, 0) is 19.1 Å². The number of methoxy groups -OCH3 is 1. The second kappa shape index (κ2) is 6.25. The maximum absolute atomic E-state index is 12.2. The van der Waals surface area contributed by atoms with Crippen molar-refractivity contribution in [3.8, 4) is 0 Å². The monoisotopic (exact) mass is 317 g/mol. The molecule has 0 atom stereocenters. The number of carbonyl (C=O) groups excluding carboxylic acids is 1. The van der Waals surface area contributed by atoms with Crippen LogP contribution in [-0.4, -0.2) is 29.3 Å². The van der Waals surface area contributed by atoms with Crippen molar-refractivity contribution in [3.63, 3.8) is 0 Å². The number of fused-ring (bicyclic) bond motifs is 1. The van der Waals surface area contributed by atoms with Gasteiger partial charge in [0.1, 0.15) is 5.76 Å². The molecule has 0 N–H and O–H groups in total. The molecule has 6 nitrogen and oxygen atoms in total. The molecule has 0 saturated heterocycles. The molecule has 7 heteroatoms. The molecular formula is C15H15N3O3S. The van der Waals surface area contributed by atoms with Crippen LogP contribution >= 0.6 is 11.3 Å². The molecule has 1 aromatic carbocycles. The summed E-state index contributed by atoms with van der Waals surface area (Å²) in [4.78, 5) is 17.0. The van der Waals surface area contributed by atoms with Crippen molar-refractivity contribution >= 4 is 27.5 Å². The number of ether oxygens (including phenoxy) is 1. The van der Waals surface area contributed by atoms with Gasteiger partial charge < -0.3 is 13.8 Å². The average Bonchev–Trinajstić information content (AvgIpc) is 3.09. The molecule has 0 radical (unpaired) electrons. The number of hydrogen-bond donors (Lipinski definition) is 0. The molecule has 2 aromatic heterocycles. The molecule has 0 saturated carbocycles. The molecule has 0 fully saturated rings. The molecule has 0 aliphatic carbocycles. The summed E-state index contributed by atoms with van der Waals surface area (Å²) in [5.41, 5.74) is 1.25. The van der Waals surface area contributed by atoms with Crippen LogP contribution in [0.1, 0.15) is 16.2 Å². The molecule has 22 heavy (non-hydrogen) atoms. The Hall–Kier alpha value is -2.25. The standard InChI is InChI=1S/C15H15N3O3S/c1-10-9-11(17-21-10)14(19)16-15-18(7-8-20-2)12-5-3-4-6-13(12)22-15/h3-6,9H,7-8H2,1-2H3. The smallest absolute Gasteiger partial charge is 0.301 e. The summed E-state index contributed by atoms with van der Waals surface area (Å²) < 4.78 is 13.1. The molecule has 0 aliphatic rings. The molecule has 0 spiro atoms. The minimum atomic E-state index is -0.408. The Bertz CT molecular complexity index is 875. The van der Waals surface area contributed by atoms with Gasteiger partial charge in [0.05, 0.1) is 16.8 Å². The van der Waals surface area contributed by atoms with Crippen LogP contribution in [0.4, 0.5) is 0 Å². The molecular weight excluding hydrogens is 302 g/mol. The number of aryl methyl sites for hydroxylation is 1. The van der Waals surface area contributed by atoms with Crippen LogP contribution < -0.4 is 4.80 Å². The lowest BCUT2D eigenvalue weighted by Crippen LogP contribution is -2.19. The lowest BCUT2D eigenvalue weighted by atomic mass is 10.3. The van der Waals surface area contributed by atoms with E-state index in [1.165, 1.54) is 11.3 Å². The van der Waals surface area contributed by atoms with Crippen molar-refractivity contribution in [2.75, 3.05) is 13.7 Å². The highest BCUT2D eigenvalue weighted by Gasteiger charge is 2.12. The van der Waals surface area contributed by atoms with Gasteiger partial charge in [-0.15, -0.1) is 0 Å². The molecule has 1 amide bonds. The van der Waals surface area contributed by atoms with Gasteiger partial charge in [0.2, 0.25) is 0 Å². The summed E-state index contributed by atoms with van der Waals surface area (Å²) in [7, 11) is 1.65. The first kappa shape index (κ1) is 14.7. The van der Waals surface area contributed by atoms with E-state index in [0.717, 1.165) is 10.2 Å². The molecule has 114 valence electrons. The minimum Gasteiger partial charge on any atom is -0.383 e. The largest absolute Gasteiger partial charge is 0.383 e. The molecule has 0 bridgehead atoms. The summed E-state index contributed by atoms with van der Waals surface area (Å²) in [6.07, 6.45) is 0. The number of carbonyl (C=O) groups is 1. The number of benzene rings is 1. The van der Waals surface area contributed by atoms with E-state index in [4.69, 9.17) is 9.26 Å². The molecule has 0 aliphatic heterocycles. The highest BCUT2D eigenvalue weighted by molar-refractivity contribution is 7.16. The third-order valence-corrected chi connectivity index (χ3v) is 4.21. The van der Waals surface area contributed by atoms with Crippen LogP contribution in [0.3, 0.4) is 0 Å². The van der Waals surface area contributed by atoms with Gasteiger partial charge >= 0.3 is 5.91 Å². The van der Waals surface area contributed by atoms with Crippen molar-refractivity contribution in [1.82, 2.24) is 9.72 Å². The Morgan fingerprint density at radius 3 is 3.00 bits per heavy atom. The van der Waals surface area contributed by atoms with Crippen molar-refractivity contribution in [2.45, 2.75) is 13.5 Å². The normalized spacial score (nSPS) is 12.2. The zero-order chi connectivity index (χ0) is 15.5. The first-order valence-corrected chi connectivity index (χ1v) is 7.60. The summed E-state index contributed by atoms with van der Waals surface area (Å²) in [5, 5.41) is 3.71. The SMILES string of the molecule is COCCn1c(=NC(=O)c2cc(C)on2)sc2ccccc21. The summed E-state index contributed by atoms with van der Waals surface area (Å²) in [6.45, 7) is 2.91. The second-order valence-corrected chi connectivity index (χ2v) is 5.75. The van der Waals surface area contributed by atoms with E-state index in [9.17, 15) is 4.79 Å². The van der Waals surface area contributed by atoms with Crippen molar-refractivity contribution in [3.05, 3.63) is 46.6 Å². The van der Waals surface area contributed by atoms with Crippen LogP contribution in [0.15, 0.2) is 39.8 Å². The zero-order valence-electron chi connectivity index (χ0n) is 12.3. The van der Waals surface area contributed by atoms with Crippen molar-refractivity contribution in [1.29, 1.82) is 0 Å². The van der Waals surface area contributed by atoms with E-state index in [2.05, 4.69) is 10.1 Å². The Morgan fingerprint density at radius 1 is 1.45 bits per heavy atom. The minimum absolute atomic E-state index is 0.216. The summed E-state index contributed by atoms with van der Waals surface area (Å²) in [5.74, 6) is 0.178. The molecule has 2 heterocycles. The quantitative estimate of drug-likeness (QED) is 0.741. The first-order chi connectivity index (χ1) is 10.7. The van der Waals surface area contributed by atoms with Gasteiger partial charge in [-0.3, -0.25) is 4.79 Å². The van der Waals surface area contributed by atoms with E-state index in [1.54, 1.807) is 20.1 Å². The predicted molar refractivity (Wildman–Crippen MR) is 82.8 cm³/mol. The van der Waals surface area contributed by atoms with Crippen LogP contribution in [0.25, 0.3) is 10.2 Å². The maximum atomic E-state index is 12.2. The topological polar surface area (TPSA) is 69.6 Å². The van der Waals surface area contributed by atoms with Gasteiger partial charge in [-0.25, -0.2) is 0 Å². The number of amides is 1. The fraction of sp³-hybridized carbons (Fsp3) is 0.267. The van der Waals surface area contributed by atoms with Gasteiger partial charge in [-0.2, -0.15) is 4.99 Å². The van der Waals surface area contributed by atoms with Crippen LogP contribution in [0.5, 0.6) is 0 Å². The number of para-hydroxylation sites is 1. The Kier molecular flexibility index (Phi) is 4.17. The lowest BCUT2D eigenvalue weighted by Gasteiger charge is -2.03. The second-order valence-electron chi connectivity index (χ2n) is 4.74. The fourth-order valence-electron chi connectivity index (χ4n) is 2.12. The van der Waals surface area contributed by atoms with Crippen LogP contribution in [0, 0.1) is 6.92 Å². The number of aromatic nitrogens is 2.